The number of amidine groups is 1. The molecule has 0 aromatic heterocycles. The number of nitrogens with zero attached hydrogens (tertiary/aromatic N) is 2. The molecule has 0 radical (unpaired) electrons. The molecule has 146 valence electrons. The Labute approximate surface area is 176 Å². The van der Waals surface area contributed by atoms with E-state index >= 15 is 0 Å². The fraction of sp³-hybridized carbons (Fsp3) is 0.211. The first kappa shape index (κ1) is 20.5. The lowest BCUT2D eigenvalue weighted by molar-refractivity contribution is -0.128. The Morgan fingerprint density at radius 2 is 1.96 bits per heavy atom. The fourth-order valence-electron chi connectivity index (χ4n) is 2.54. The summed E-state index contributed by atoms with van der Waals surface area (Å²) in [5.41, 5.74) is 1.10. The van der Waals surface area contributed by atoms with Crippen LogP contribution in [0.5, 0.6) is 5.75 Å². The molecule has 1 aliphatic rings. The average Bonchev–Trinajstić information content (AvgIpc) is 2.64. The summed E-state index contributed by atoms with van der Waals surface area (Å²) < 4.78 is 5.16. The number of aliphatic imine (C=N–C) groups is 1. The molecule has 1 aliphatic heterocycles. The molecule has 2 amide bonds. The van der Waals surface area contributed by atoms with Crippen LogP contribution in [-0.2, 0) is 9.59 Å². The summed E-state index contributed by atoms with van der Waals surface area (Å²) in [5.74, 6) is 0.151. The summed E-state index contributed by atoms with van der Waals surface area (Å²) in [6.07, 6.45) is 0.0757. The van der Waals surface area contributed by atoms with Crippen molar-refractivity contribution in [3.8, 4) is 5.75 Å². The highest BCUT2D eigenvalue weighted by atomic mass is 35.5. The van der Waals surface area contributed by atoms with Gasteiger partial charge in [0.05, 0.1) is 12.8 Å². The number of rotatable bonds is 4. The van der Waals surface area contributed by atoms with Gasteiger partial charge < -0.3 is 10.1 Å². The van der Waals surface area contributed by atoms with Crippen LogP contribution in [0.3, 0.4) is 0 Å². The number of nitrogens with one attached hydrogen (secondary N) is 1. The van der Waals surface area contributed by atoms with E-state index in [4.69, 9.17) is 27.9 Å². The second-order valence-corrected chi connectivity index (χ2v) is 8.05. The van der Waals surface area contributed by atoms with Gasteiger partial charge in [0.25, 0.3) is 0 Å². The highest BCUT2D eigenvalue weighted by Crippen LogP contribution is 2.31. The van der Waals surface area contributed by atoms with Crippen LogP contribution in [0.1, 0.15) is 6.42 Å². The Hall–Kier alpha value is -2.22. The Kier molecular flexibility index (Phi) is 6.49. The minimum absolute atomic E-state index is 0.0757. The van der Waals surface area contributed by atoms with E-state index in [2.05, 4.69) is 10.3 Å². The molecule has 2 aromatic rings. The number of benzene rings is 2. The number of halogens is 2. The topological polar surface area (TPSA) is 71.0 Å². The van der Waals surface area contributed by atoms with Gasteiger partial charge >= 0.3 is 0 Å². The Morgan fingerprint density at radius 3 is 2.64 bits per heavy atom. The van der Waals surface area contributed by atoms with Crippen LogP contribution >= 0.6 is 35.0 Å². The summed E-state index contributed by atoms with van der Waals surface area (Å²) in [7, 11) is 3.17. The summed E-state index contributed by atoms with van der Waals surface area (Å²) in [6.45, 7) is 0. The number of amides is 2. The van der Waals surface area contributed by atoms with Gasteiger partial charge in [-0.05, 0) is 30.3 Å². The van der Waals surface area contributed by atoms with E-state index in [-0.39, 0.29) is 18.2 Å². The maximum atomic E-state index is 12.7. The molecule has 1 atom stereocenters. The number of carbonyl (C=O) groups excluding carboxylic acids is 2. The second kappa shape index (κ2) is 8.86. The van der Waals surface area contributed by atoms with E-state index in [9.17, 15) is 9.59 Å². The predicted octanol–water partition coefficient (Wildman–Crippen LogP) is 4.59. The highest BCUT2D eigenvalue weighted by Gasteiger charge is 2.34. The molecule has 28 heavy (non-hydrogen) atoms. The molecule has 6 nitrogen and oxygen atoms in total. The van der Waals surface area contributed by atoms with Crippen LogP contribution in [0, 0.1) is 0 Å². The molecule has 2 aromatic carbocycles. The van der Waals surface area contributed by atoms with Crippen molar-refractivity contribution in [2.75, 3.05) is 19.5 Å². The van der Waals surface area contributed by atoms with Crippen LogP contribution in [-0.4, -0.2) is 41.3 Å². The van der Waals surface area contributed by atoms with Gasteiger partial charge in [-0.3, -0.25) is 14.5 Å². The monoisotopic (exact) mass is 437 g/mol. The van der Waals surface area contributed by atoms with Gasteiger partial charge in [0.1, 0.15) is 11.0 Å². The average molecular weight is 438 g/mol. The normalized spacial score (nSPS) is 18.3. The van der Waals surface area contributed by atoms with Gasteiger partial charge in [0.15, 0.2) is 5.17 Å². The van der Waals surface area contributed by atoms with Crippen molar-refractivity contribution in [1.29, 1.82) is 0 Å². The van der Waals surface area contributed by atoms with Crippen LogP contribution in [0.2, 0.25) is 10.0 Å². The number of hydrogen-bond acceptors (Lipinski definition) is 5. The lowest BCUT2D eigenvalue weighted by Gasteiger charge is -2.28. The molecule has 0 bridgehead atoms. The molecule has 9 heteroatoms. The summed E-state index contributed by atoms with van der Waals surface area (Å²) in [6, 6.07) is 11.9. The molecule has 1 fully saturated rings. The van der Waals surface area contributed by atoms with Crippen molar-refractivity contribution in [2.24, 2.45) is 4.99 Å². The lowest BCUT2D eigenvalue weighted by atomic mass is 10.2. The van der Waals surface area contributed by atoms with E-state index in [1.165, 1.54) is 16.7 Å². The van der Waals surface area contributed by atoms with Crippen molar-refractivity contribution < 1.29 is 14.3 Å². The molecular formula is C19H17Cl2N3O3S. The maximum absolute atomic E-state index is 12.7. The van der Waals surface area contributed by atoms with Crippen molar-refractivity contribution in [3.63, 3.8) is 0 Å². The van der Waals surface area contributed by atoms with Crippen LogP contribution in [0.15, 0.2) is 47.5 Å². The van der Waals surface area contributed by atoms with E-state index < -0.39 is 5.25 Å². The number of carbonyl (C=O) groups is 2. The predicted molar refractivity (Wildman–Crippen MR) is 114 cm³/mol. The molecule has 1 unspecified atom stereocenters. The molecule has 0 saturated carbocycles. The number of methoxy groups -OCH3 is 1. The molecule has 1 N–H and O–H groups in total. The van der Waals surface area contributed by atoms with Crippen molar-refractivity contribution >= 4 is 63.3 Å². The first-order chi connectivity index (χ1) is 13.4. The number of ether oxygens (including phenoxy) is 1. The first-order valence-electron chi connectivity index (χ1n) is 8.28. The maximum Gasteiger partial charge on any atom is 0.238 e. The standard InChI is InChI=1S/C19H17Cl2N3O3S/c1-24-17(25)10-16(18(26)22-13-4-3-5-15(9-13)27-2)28-19(24)23-14-7-11(20)6-12(21)8-14/h3-9,16H,10H2,1-2H3,(H,22,26). The Bertz CT molecular complexity index is 932. The van der Waals surface area contributed by atoms with E-state index in [0.29, 0.717) is 32.3 Å². The minimum Gasteiger partial charge on any atom is -0.497 e. The van der Waals surface area contributed by atoms with Crippen LogP contribution in [0.25, 0.3) is 0 Å². The van der Waals surface area contributed by atoms with Crippen molar-refractivity contribution in [1.82, 2.24) is 4.90 Å². The fourth-order valence-corrected chi connectivity index (χ4v) is 4.11. The van der Waals surface area contributed by atoms with Gasteiger partial charge in [-0.25, -0.2) is 4.99 Å². The largest absolute Gasteiger partial charge is 0.497 e. The van der Waals surface area contributed by atoms with Gasteiger partial charge in [-0.15, -0.1) is 0 Å². The van der Waals surface area contributed by atoms with E-state index in [0.717, 1.165) is 0 Å². The Morgan fingerprint density at radius 1 is 1.25 bits per heavy atom. The van der Waals surface area contributed by atoms with E-state index in [1.807, 2.05) is 0 Å². The smallest absolute Gasteiger partial charge is 0.238 e. The zero-order chi connectivity index (χ0) is 20.3. The quantitative estimate of drug-likeness (QED) is 0.758. The molecule has 0 spiro atoms. The number of hydrogen-bond donors (Lipinski definition) is 1. The van der Waals surface area contributed by atoms with Crippen LogP contribution < -0.4 is 10.1 Å². The summed E-state index contributed by atoms with van der Waals surface area (Å²) in [4.78, 5) is 30.9. The SMILES string of the molecule is COc1cccc(NC(=O)C2CC(=O)N(C)C(=Nc3cc(Cl)cc(Cl)c3)S2)c1. The van der Waals surface area contributed by atoms with E-state index in [1.54, 1.807) is 56.6 Å². The van der Waals surface area contributed by atoms with Crippen molar-refractivity contribution in [3.05, 3.63) is 52.5 Å². The third-order valence-electron chi connectivity index (χ3n) is 3.97. The van der Waals surface area contributed by atoms with Gasteiger partial charge in [0, 0.05) is 35.3 Å². The lowest BCUT2D eigenvalue weighted by Crippen LogP contribution is -2.43. The zero-order valence-electron chi connectivity index (χ0n) is 15.1. The number of thioether (sulfide) groups is 1. The molecule has 0 aliphatic carbocycles. The molecule has 3 rings (SSSR count). The third kappa shape index (κ3) is 4.98. The zero-order valence-corrected chi connectivity index (χ0v) is 17.4. The van der Waals surface area contributed by atoms with Gasteiger partial charge in [0.2, 0.25) is 11.8 Å². The van der Waals surface area contributed by atoms with Crippen LogP contribution in [0.4, 0.5) is 11.4 Å². The van der Waals surface area contributed by atoms with Gasteiger partial charge in [-0.2, -0.15) is 0 Å². The first-order valence-corrected chi connectivity index (χ1v) is 9.92. The Balaban J connectivity index is 1.80. The third-order valence-corrected chi connectivity index (χ3v) is 5.65. The highest BCUT2D eigenvalue weighted by molar-refractivity contribution is 8.15. The second-order valence-electron chi connectivity index (χ2n) is 6.01. The minimum atomic E-state index is -0.608. The van der Waals surface area contributed by atoms with Crippen molar-refractivity contribution in [2.45, 2.75) is 11.7 Å². The number of anilines is 1. The molecule has 1 heterocycles. The summed E-state index contributed by atoms with van der Waals surface area (Å²) in [5, 5.41) is 3.49. The molecule has 1 saturated heterocycles. The molecular weight excluding hydrogens is 421 g/mol. The summed E-state index contributed by atoms with van der Waals surface area (Å²) >= 11 is 13.2. The van der Waals surface area contributed by atoms with Gasteiger partial charge in [-0.1, -0.05) is 41.0 Å².